The molecule has 0 heterocycles. The second kappa shape index (κ2) is 7.39. The van der Waals surface area contributed by atoms with Crippen molar-refractivity contribution >= 4 is 5.97 Å². The number of hydrogen-bond donors (Lipinski definition) is 3. The monoisotopic (exact) mass is 219 g/mol. The molecule has 0 bridgehead atoms. The molecule has 5 nitrogen and oxygen atoms in total. The summed E-state index contributed by atoms with van der Waals surface area (Å²) in [6.45, 7) is 6.59. The molecule has 0 spiro atoms. The summed E-state index contributed by atoms with van der Waals surface area (Å²) in [5.41, 5.74) is -0.441. The van der Waals surface area contributed by atoms with Crippen molar-refractivity contribution in [2.75, 3.05) is 20.7 Å². The van der Waals surface area contributed by atoms with Gasteiger partial charge in [0.15, 0.2) is 0 Å². The van der Waals surface area contributed by atoms with Crippen LogP contribution in [-0.2, 0) is 4.79 Å². The van der Waals surface area contributed by atoms with Gasteiger partial charge in [-0.2, -0.15) is 0 Å². The van der Waals surface area contributed by atoms with Crippen LogP contribution in [0.3, 0.4) is 0 Å². The average Bonchev–Trinajstić information content (AvgIpc) is 2.17. The summed E-state index contributed by atoms with van der Waals surface area (Å²) in [5, 5.41) is 25.9. The Morgan fingerprint density at radius 3 is 1.93 bits per heavy atom. The highest BCUT2D eigenvalue weighted by Crippen LogP contribution is 2.20. The normalized spacial score (nSPS) is 12.7. The molecule has 0 saturated carbocycles. The molecule has 0 aliphatic rings. The standard InChI is InChI=1S/C7H17NO2.C3H4O2/c1-7(2,5-9)6(10)8(3)4;1-2-3(4)5/h6,9-10H,5H2,1-4H3;2H,1H2,(H,4,5). The maximum Gasteiger partial charge on any atom is 0.327 e. The highest BCUT2D eigenvalue weighted by Gasteiger charge is 2.28. The Bertz CT molecular complexity index is 202. The molecule has 0 aromatic rings. The van der Waals surface area contributed by atoms with E-state index in [4.69, 9.17) is 10.2 Å². The van der Waals surface area contributed by atoms with E-state index in [0.717, 1.165) is 6.08 Å². The summed E-state index contributed by atoms with van der Waals surface area (Å²) in [5.74, 6) is -0.981. The lowest BCUT2D eigenvalue weighted by Crippen LogP contribution is -2.43. The fraction of sp³-hybridized carbons (Fsp3) is 0.700. The zero-order valence-electron chi connectivity index (χ0n) is 9.77. The smallest absolute Gasteiger partial charge is 0.327 e. The van der Waals surface area contributed by atoms with Gasteiger partial charge >= 0.3 is 5.97 Å². The van der Waals surface area contributed by atoms with E-state index in [9.17, 15) is 9.90 Å². The minimum absolute atomic E-state index is 0.00759. The van der Waals surface area contributed by atoms with E-state index in [1.807, 2.05) is 13.8 Å². The number of carboxylic acids is 1. The first-order chi connectivity index (χ1) is 6.68. The van der Waals surface area contributed by atoms with Crippen LogP contribution in [0, 0.1) is 5.41 Å². The second-order valence-electron chi connectivity index (χ2n) is 4.03. The van der Waals surface area contributed by atoms with Crippen LogP contribution in [0.15, 0.2) is 12.7 Å². The third-order valence-electron chi connectivity index (χ3n) is 1.77. The summed E-state index contributed by atoms with van der Waals surface area (Å²) in [7, 11) is 3.56. The van der Waals surface area contributed by atoms with E-state index in [1.165, 1.54) is 0 Å². The summed E-state index contributed by atoms with van der Waals surface area (Å²) in [4.78, 5) is 10.9. The minimum atomic E-state index is -0.981. The first-order valence-corrected chi connectivity index (χ1v) is 4.49. The Labute approximate surface area is 90.6 Å². The van der Waals surface area contributed by atoms with E-state index >= 15 is 0 Å². The largest absolute Gasteiger partial charge is 0.478 e. The predicted molar refractivity (Wildman–Crippen MR) is 58.4 cm³/mol. The first kappa shape index (κ1) is 16.5. The fourth-order valence-electron chi connectivity index (χ4n) is 0.781. The predicted octanol–water partition coefficient (Wildman–Crippen LogP) is 0.142. The van der Waals surface area contributed by atoms with E-state index in [1.54, 1.807) is 19.0 Å². The van der Waals surface area contributed by atoms with Crippen LogP contribution in [0.25, 0.3) is 0 Å². The van der Waals surface area contributed by atoms with Crippen LogP contribution in [0.4, 0.5) is 0 Å². The van der Waals surface area contributed by atoms with Gasteiger partial charge in [0.2, 0.25) is 0 Å². The molecule has 15 heavy (non-hydrogen) atoms. The van der Waals surface area contributed by atoms with Crippen molar-refractivity contribution in [1.82, 2.24) is 4.90 Å². The van der Waals surface area contributed by atoms with E-state index in [0.29, 0.717) is 0 Å². The molecule has 90 valence electrons. The van der Waals surface area contributed by atoms with E-state index < -0.39 is 17.6 Å². The molecule has 0 fully saturated rings. The van der Waals surface area contributed by atoms with Gasteiger partial charge in [-0.15, -0.1) is 0 Å². The Hall–Kier alpha value is -0.910. The minimum Gasteiger partial charge on any atom is -0.478 e. The number of nitrogens with zero attached hydrogens (tertiary/aromatic N) is 1. The molecule has 0 saturated heterocycles. The molecule has 0 aromatic heterocycles. The van der Waals surface area contributed by atoms with Gasteiger partial charge in [0.25, 0.3) is 0 Å². The number of carboxylic acid groups (broad SMARTS) is 1. The number of carbonyl (C=O) groups is 1. The molecule has 0 aliphatic heterocycles. The quantitative estimate of drug-likeness (QED) is 0.463. The lowest BCUT2D eigenvalue weighted by molar-refractivity contribution is -0.131. The van der Waals surface area contributed by atoms with Gasteiger partial charge in [-0.1, -0.05) is 20.4 Å². The molecule has 3 N–H and O–H groups in total. The van der Waals surface area contributed by atoms with Gasteiger partial charge in [0.05, 0.1) is 6.61 Å². The van der Waals surface area contributed by atoms with Crippen molar-refractivity contribution < 1.29 is 20.1 Å². The summed E-state index contributed by atoms with van der Waals surface area (Å²) >= 11 is 0. The van der Waals surface area contributed by atoms with Gasteiger partial charge in [-0.05, 0) is 14.1 Å². The van der Waals surface area contributed by atoms with Crippen molar-refractivity contribution in [3.05, 3.63) is 12.7 Å². The van der Waals surface area contributed by atoms with Gasteiger partial charge in [-0.25, -0.2) is 4.79 Å². The Morgan fingerprint density at radius 2 is 1.87 bits per heavy atom. The molecule has 0 radical (unpaired) electrons. The molecule has 0 aromatic carbocycles. The molecule has 1 atom stereocenters. The van der Waals surface area contributed by atoms with Crippen LogP contribution in [-0.4, -0.2) is 53.1 Å². The van der Waals surface area contributed by atoms with Crippen LogP contribution < -0.4 is 0 Å². The number of hydrogen-bond acceptors (Lipinski definition) is 4. The maximum atomic E-state index is 9.42. The Balaban J connectivity index is 0. The van der Waals surface area contributed by atoms with Crippen molar-refractivity contribution in [2.24, 2.45) is 5.41 Å². The number of rotatable bonds is 4. The molecule has 5 heteroatoms. The summed E-state index contributed by atoms with van der Waals surface area (Å²) in [6, 6.07) is 0. The summed E-state index contributed by atoms with van der Waals surface area (Å²) in [6.07, 6.45) is 0.248. The SMILES string of the molecule is C=CC(=O)O.CN(C)C(O)C(C)(C)CO. The summed E-state index contributed by atoms with van der Waals surface area (Å²) < 4.78 is 0. The maximum absolute atomic E-state index is 9.42. The van der Waals surface area contributed by atoms with E-state index in [-0.39, 0.29) is 6.61 Å². The number of aliphatic hydroxyl groups excluding tert-OH is 2. The zero-order valence-corrected chi connectivity index (χ0v) is 9.77. The zero-order chi connectivity index (χ0) is 12.6. The van der Waals surface area contributed by atoms with Crippen LogP contribution in [0.1, 0.15) is 13.8 Å². The molecular weight excluding hydrogens is 198 g/mol. The van der Waals surface area contributed by atoms with Crippen molar-refractivity contribution in [3.63, 3.8) is 0 Å². The van der Waals surface area contributed by atoms with E-state index in [2.05, 4.69) is 6.58 Å². The van der Waals surface area contributed by atoms with Crippen molar-refractivity contribution in [1.29, 1.82) is 0 Å². The Morgan fingerprint density at radius 1 is 1.53 bits per heavy atom. The topological polar surface area (TPSA) is 81.0 Å². The number of aliphatic carboxylic acids is 1. The molecule has 0 rings (SSSR count). The van der Waals surface area contributed by atoms with Gasteiger partial charge in [0.1, 0.15) is 6.23 Å². The second-order valence-corrected chi connectivity index (χ2v) is 4.03. The molecule has 0 amide bonds. The molecule has 0 aliphatic carbocycles. The highest BCUT2D eigenvalue weighted by molar-refractivity contribution is 5.78. The van der Waals surface area contributed by atoms with Crippen LogP contribution in [0.2, 0.25) is 0 Å². The van der Waals surface area contributed by atoms with Gasteiger partial charge in [0, 0.05) is 11.5 Å². The lowest BCUT2D eigenvalue weighted by Gasteiger charge is -2.32. The third kappa shape index (κ3) is 8.11. The van der Waals surface area contributed by atoms with Crippen LogP contribution in [0.5, 0.6) is 0 Å². The van der Waals surface area contributed by atoms with Gasteiger partial charge in [-0.3, -0.25) is 4.90 Å². The fourth-order valence-corrected chi connectivity index (χ4v) is 0.781. The molecular formula is C10H21NO4. The number of aliphatic hydroxyl groups is 2. The Kier molecular flexibility index (Phi) is 8.14. The van der Waals surface area contributed by atoms with Crippen molar-refractivity contribution in [2.45, 2.75) is 20.1 Å². The average molecular weight is 219 g/mol. The van der Waals surface area contributed by atoms with Crippen LogP contribution >= 0.6 is 0 Å². The van der Waals surface area contributed by atoms with Gasteiger partial charge < -0.3 is 15.3 Å². The highest BCUT2D eigenvalue weighted by atomic mass is 16.4. The third-order valence-corrected chi connectivity index (χ3v) is 1.77. The molecule has 1 unspecified atom stereocenters. The first-order valence-electron chi connectivity index (χ1n) is 4.49. The van der Waals surface area contributed by atoms with Crippen molar-refractivity contribution in [3.8, 4) is 0 Å². The lowest BCUT2D eigenvalue weighted by atomic mass is 9.92.